The van der Waals surface area contributed by atoms with Crippen LogP contribution in [0.15, 0.2) is 65.2 Å². The first-order valence-electron chi connectivity index (χ1n) is 12.1. The van der Waals surface area contributed by atoms with E-state index in [4.69, 9.17) is 21.3 Å². The summed E-state index contributed by atoms with van der Waals surface area (Å²) in [5.41, 5.74) is 6.62. The number of halogens is 1. The molecule has 1 N–H and O–H groups in total. The molecule has 0 bridgehead atoms. The molecular formula is C29H31ClN2O3S. The second kappa shape index (κ2) is 11.0. The van der Waals surface area contributed by atoms with Crippen molar-refractivity contribution in [1.82, 2.24) is 4.98 Å². The molecule has 0 saturated heterocycles. The van der Waals surface area contributed by atoms with Crippen LogP contribution < -0.4 is 4.90 Å². The van der Waals surface area contributed by atoms with E-state index >= 15 is 0 Å². The van der Waals surface area contributed by atoms with E-state index in [1.54, 1.807) is 6.08 Å². The molecule has 188 valence electrons. The number of anilines is 1. The SMILES string of the molecule is CCc1cccc(CC)c1N1C(C(C)C)=C(C(=O)OC)C=C(c2nc(-c3ccc(Cl)cc3)cs2)C1O. The molecular weight excluding hydrogens is 492 g/mol. The van der Waals surface area contributed by atoms with E-state index < -0.39 is 12.2 Å². The predicted octanol–water partition coefficient (Wildman–Crippen LogP) is 6.89. The molecule has 7 heteroatoms. The number of nitrogens with zero attached hydrogens (tertiary/aromatic N) is 2. The largest absolute Gasteiger partial charge is 0.465 e. The summed E-state index contributed by atoms with van der Waals surface area (Å²) in [6, 6.07) is 13.7. The first-order valence-corrected chi connectivity index (χ1v) is 13.4. The standard InChI is InChI=1S/C29H31ClN2O3S/c1-6-18-9-8-10-19(7-2)26(18)32-25(17(3)4)22(29(34)35-5)15-23(28(32)33)27-31-24(16-36-27)20-11-13-21(30)14-12-20/h8-17,28,33H,6-7H2,1-5H3. The summed E-state index contributed by atoms with van der Waals surface area (Å²) in [6.07, 6.45) is 2.32. The van der Waals surface area contributed by atoms with Crippen molar-refractivity contribution in [2.45, 2.75) is 46.8 Å². The number of thiazole rings is 1. The van der Waals surface area contributed by atoms with Gasteiger partial charge in [0.15, 0.2) is 6.23 Å². The van der Waals surface area contributed by atoms with Crippen LogP contribution in [0.25, 0.3) is 16.8 Å². The summed E-state index contributed by atoms with van der Waals surface area (Å²) >= 11 is 7.49. The van der Waals surface area contributed by atoms with Crippen LogP contribution in [-0.2, 0) is 22.4 Å². The first-order chi connectivity index (χ1) is 17.3. The Labute approximate surface area is 221 Å². The minimum Gasteiger partial charge on any atom is -0.465 e. The van der Waals surface area contributed by atoms with Crippen LogP contribution in [0.1, 0.15) is 43.8 Å². The average Bonchev–Trinajstić information content (AvgIpc) is 3.37. The summed E-state index contributed by atoms with van der Waals surface area (Å²) in [5.74, 6) is -0.475. The minimum atomic E-state index is -1.02. The molecule has 1 unspecified atom stereocenters. The molecule has 2 heterocycles. The van der Waals surface area contributed by atoms with Crippen molar-refractivity contribution in [3.8, 4) is 11.3 Å². The lowest BCUT2D eigenvalue weighted by atomic mass is 9.91. The van der Waals surface area contributed by atoms with Crippen LogP contribution in [0.3, 0.4) is 0 Å². The molecule has 36 heavy (non-hydrogen) atoms. The topological polar surface area (TPSA) is 62.7 Å². The van der Waals surface area contributed by atoms with Crippen LogP contribution >= 0.6 is 22.9 Å². The molecule has 2 aromatic carbocycles. The number of benzene rings is 2. The smallest absolute Gasteiger partial charge is 0.339 e. The van der Waals surface area contributed by atoms with Crippen molar-refractivity contribution < 1.29 is 14.6 Å². The lowest BCUT2D eigenvalue weighted by Crippen LogP contribution is -2.42. The number of hydrogen-bond donors (Lipinski definition) is 1. The maximum Gasteiger partial charge on any atom is 0.339 e. The fourth-order valence-electron chi connectivity index (χ4n) is 4.67. The Morgan fingerprint density at radius 2 is 1.78 bits per heavy atom. The number of aliphatic hydroxyl groups is 1. The van der Waals surface area contributed by atoms with Gasteiger partial charge in [-0.15, -0.1) is 11.3 Å². The first kappa shape index (κ1) is 26.1. The highest BCUT2D eigenvalue weighted by molar-refractivity contribution is 7.11. The molecule has 1 atom stereocenters. The third-order valence-electron chi connectivity index (χ3n) is 6.41. The maximum absolute atomic E-state index is 13.0. The number of allylic oxidation sites excluding steroid dienone is 1. The number of aromatic nitrogens is 1. The molecule has 0 radical (unpaired) electrons. The number of carbonyl (C=O) groups excluding carboxylic acids is 1. The third kappa shape index (κ3) is 4.85. The number of ether oxygens (including phenoxy) is 1. The Morgan fingerprint density at radius 1 is 1.14 bits per heavy atom. The van der Waals surface area contributed by atoms with E-state index in [-0.39, 0.29) is 5.92 Å². The summed E-state index contributed by atoms with van der Waals surface area (Å²) in [5, 5.41) is 15.2. The van der Waals surface area contributed by atoms with Crippen molar-refractivity contribution in [2.24, 2.45) is 5.92 Å². The number of carbonyl (C=O) groups is 1. The summed E-state index contributed by atoms with van der Waals surface area (Å²) in [7, 11) is 1.38. The number of hydrogen-bond acceptors (Lipinski definition) is 6. The second-order valence-electron chi connectivity index (χ2n) is 8.97. The third-order valence-corrected chi connectivity index (χ3v) is 7.55. The van der Waals surface area contributed by atoms with Gasteiger partial charge in [0.1, 0.15) is 5.01 Å². The van der Waals surface area contributed by atoms with Gasteiger partial charge in [-0.2, -0.15) is 0 Å². The molecule has 1 aromatic heterocycles. The zero-order valence-electron chi connectivity index (χ0n) is 21.2. The minimum absolute atomic E-state index is 0.0397. The monoisotopic (exact) mass is 522 g/mol. The Hall–Kier alpha value is -2.93. The fraction of sp³-hybridized carbons (Fsp3) is 0.310. The van der Waals surface area contributed by atoms with E-state index in [2.05, 4.69) is 26.0 Å². The van der Waals surface area contributed by atoms with Gasteiger partial charge in [0.2, 0.25) is 0 Å². The Kier molecular flexibility index (Phi) is 7.98. The van der Waals surface area contributed by atoms with Crippen molar-refractivity contribution in [2.75, 3.05) is 12.0 Å². The molecule has 1 aliphatic rings. The molecule has 0 aliphatic carbocycles. The lowest BCUT2D eigenvalue weighted by Gasteiger charge is -2.40. The van der Waals surface area contributed by atoms with E-state index in [9.17, 15) is 9.90 Å². The Balaban J connectivity index is 1.93. The van der Waals surface area contributed by atoms with Gasteiger partial charge >= 0.3 is 5.97 Å². The van der Waals surface area contributed by atoms with Gasteiger partial charge in [0.25, 0.3) is 0 Å². The van der Waals surface area contributed by atoms with Crippen LogP contribution in [0.5, 0.6) is 0 Å². The highest BCUT2D eigenvalue weighted by Crippen LogP contribution is 2.42. The van der Waals surface area contributed by atoms with Gasteiger partial charge in [0.05, 0.1) is 18.4 Å². The molecule has 4 rings (SSSR count). The number of esters is 1. The predicted molar refractivity (Wildman–Crippen MR) is 148 cm³/mol. The number of rotatable bonds is 7. The van der Waals surface area contributed by atoms with Gasteiger partial charge in [0, 0.05) is 32.9 Å². The number of aliphatic hydroxyl groups excluding tert-OH is 1. The van der Waals surface area contributed by atoms with Crippen LogP contribution in [0.2, 0.25) is 5.02 Å². The van der Waals surface area contributed by atoms with Crippen molar-refractivity contribution in [3.05, 3.63) is 86.3 Å². The highest BCUT2D eigenvalue weighted by atomic mass is 35.5. The van der Waals surface area contributed by atoms with E-state index in [0.29, 0.717) is 21.2 Å². The second-order valence-corrected chi connectivity index (χ2v) is 10.3. The summed E-state index contributed by atoms with van der Waals surface area (Å²) in [4.78, 5) is 19.8. The maximum atomic E-state index is 13.0. The molecule has 5 nitrogen and oxygen atoms in total. The van der Waals surface area contributed by atoms with Crippen molar-refractivity contribution in [3.63, 3.8) is 0 Å². The zero-order valence-corrected chi connectivity index (χ0v) is 22.8. The molecule has 0 spiro atoms. The van der Waals surface area contributed by atoms with E-state index in [1.807, 2.05) is 54.5 Å². The van der Waals surface area contributed by atoms with Gasteiger partial charge in [-0.1, -0.05) is 69.6 Å². The van der Waals surface area contributed by atoms with E-state index in [0.717, 1.165) is 46.6 Å². The Bertz CT molecular complexity index is 1300. The number of para-hydroxylation sites is 1. The number of methoxy groups -OCH3 is 1. The zero-order chi connectivity index (χ0) is 26.0. The molecule has 0 amide bonds. The quantitative estimate of drug-likeness (QED) is 0.342. The van der Waals surface area contributed by atoms with Gasteiger partial charge in [-0.3, -0.25) is 0 Å². The number of aryl methyl sites for hydroxylation is 2. The molecule has 0 saturated carbocycles. The highest BCUT2D eigenvalue weighted by Gasteiger charge is 2.37. The fourth-order valence-corrected chi connectivity index (χ4v) is 5.66. The Morgan fingerprint density at radius 3 is 2.33 bits per heavy atom. The molecule has 1 aliphatic heterocycles. The molecule has 0 fully saturated rings. The molecule has 3 aromatic rings. The lowest BCUT2D eigenvalue weighted by molar-refractivity contribution is -0.135. The summed E-state index contributed by atoms with van der Waals surface area (Å²) < 4.78 is 5.19. The van der Waals surface area contributed by atoms with E-state index in [1.165, 1.54) is 18.4 Å². The van der Waals surface area contributed by atoms with Crippen LogP contribution in [-0.4, -0.2) is 29.4 Å². The van der Waals surface area contributed by atoms with Crippen LogP contribution in [0.4, 0.5) is 5.69 Å². The van der Waals surface area contributed by atoms with Gasteiger partial charge in [-0.05, 0) is 48.1 Å². The summed E-state index contributed by atoms with van der Waals surface area (Å²) in [6.45, 7) is 8.26. The van der Waals surface area contributed by atoms with Gasteiger partial charge in [-0.25, -0.2) is 9.78 Å². The normalized spacial score (nSPS) is 15.9. The average molecular weight is 523 g/mol. The van der Waals surface area contributed by atoms with Crippen molar-refractivity contribution >= 4 is 40.2 Å². The van der Waals surface area contributed by atoms with Crippen molar-refractivity contribution in [1.29, 1.82) is 0 Å². The van der Waals surface area contributed by atoms with Crippen LogP contribution in [0, 0.1) is 5.92 Å². The van der Waals surface area contributed by atoms with Gasteiger partial charge < -0.3 is 14.7 Å².